The summed E-state index contributed by atoms with van der Waals surface area (Å²) in [4.78, 5) is 23.3. The molecule has 5 heteroatoms. The first-order valence-corrected chi connectivity index (χ1v) is 6.47. The van der Waals surface area contributed by atoms with Crippen LogP contribution in [0.4, 0.5) is 0 Å². The van der Waals surface area contributed by atoms with Gasteiger partial charge in [0.05, 0.1) is 11.1 Å². The minimum Gasteiger partial charge on any atom is -0.508 e. The SMILES string of the molecule is CC(=N)/C(C(C)=O)=C(/O)COC(=O)c1cc(C)ccc1C. The zero-order valence-electron chi connectivity index (χ0n) is 12.6. The van der Waals surface area contributed by atoms with Gasteiger partial charge in [0.2, 0.25) is 0 Å². The molecule has 0 aromatic heterocycles. The number of aliphatic hydroxyl groups excluding tert-OH is 1. The minimum atomic E-state index is -0.576. The van der Waals surface area contributed by atoms with Crippen molar-refractivity contribution >= 4 is 17.5 Å². The highest BCUT2D eigenvalue weighted by molar-refractivity contribution is 6.19. The van der Waals surface area contributed by atoms with Crippen LogP contribution in [0, 0.1) is 19.3 Å². The lowest BCUT2D eigenvalue weighted by molar-refractivity contribution is -0.113. The lowest BCUT2D eigenvalue weighted by Crippen LogP contribution is -2.15. The van der Waals surface area contributed by atoms with Gasteiger partial charge in [0, 0.05) is 5.71 Å². The van der Waals surface area contributed by atoms with Crippen molar-refractivity contribution < 1.29 is 19.4 Å². The van der Waals surface area contributed by atoms with E-state index in [2.05, 4.69) is 0 Å². The maximum absolute atomic E-state index is 12.0. The molecule has 0 fully saturated rings. The molecule has 112 valence electrons. The zero-order valence-corrected chi connectivity index (χ0v) is 12.6. The van der Waals surface area contributed by atoms with Crippen LogP contribution < -0.4 is 0 Å². The van der Waals surface area contributed by atoms with E-state index in [1.165, 1.54) is 13.8 Å². The van der Waals surface area contributed by atoms with Crippen molar-refractivity contribution in [3.8, 4) is 0 Å². The van der Waals surface area contributed by atoms with Crippen LogP contribution in [0.25, 0.3) is 0 Å². The molecule has 0 unspecified atom stereocenters. The van der Waals surface area contributed by atoms with Crippen LogP contribution in [0.2, 0.25) is 0 Å². The molecule has 0 aliphatic carbocycles. The molecule has 0 spiro atoms. The third kappa shape index (κ3) is 4.27. The Labute approximate surface area is 123 Å². The van der Waals surface area contributed by atoms with Crippen LogP contribution in [0.1, 0.15) is 35.3 Å². The Morgan fingerprint density at radius 3 is 2.38 bits per heavy atom. The number of hydrogen-bond donors (Lipinski definition) is 2. The summed E-state index contributed by atoms with van der Waals surface area (Å²) in [6, 6.07) is 5.40. The first-order valence-electron chi connectivity index (χ1n) is 6.47. The Bertz CT molecular complexity index is 613. The monoisotopic (exact) mass is 289 g/mol. The number of rotatable bonds is 5. The third-order valence-corrected chi connectivity index (χ3v) is 2.97. The van der Waals surface area contributed by atoms with Gasteiger partial charge in [0.25, 0.3) is 0 Å². The molecule has 0 radical (unpaired) electrons. The van der Waals surface area contributed by atoms with Crippen LogP contribution in [-0.2, 0) is 9.53 Å². The van der Waals surface area contributed by atoms with Crippen LogP contribution in [0.15, 0.2) is 29.5 Å². The number of allylic oxidation sites excluding steroid dienone is 1. The van der Waals surface area contributed by atoms with E-state index in [-0.39, 0.29) is 11.3 Å². The molecule has 0 amide bonds. The molecule has 0 bridgehead atoms. The van der Waals surface area contributed by atoms with Crippen molar-refractivity contribution in [2.75, 3.05) is 6.61 Å². The first kappa shape index (κ1) is 16.6. The quantitative estimate of drug-likeness (QED) is 0.377. The van der Waals surface area contributed by atoms with Gasteiger partial charge in [0.15, 0.2) is 5.78 Å². The number of nitrogens with one attached hydrogen (secondary N) is 1. The van der Waals surface area contributed by atoms with E-state index in [1.807, 2.05) is 19.1 Å². The van der Waals surface area contributed by atoms with Crippen molar-refractivity contribution in [3.05, 3.63) is 46.2 Å². The lowest BCUT2D eigenvalue weighted by atomic mass is 10.1. The highest BCUT2D eigenvalue weighted by Crippen LogP contribution is 2.13. The van der Waals surface area contributed by atoms with Gasteiger partial charge in [-0.15, -0.1) is 0 Å². The van der Waals surface area contributed by atoms with Gasteiger partial charge in [-0.25, -0.2) is 4.79 Å². The fourth-order valence-corrected chi connectivity index (χ4v) is 1.92. The number of esters is 1. The minimum absolute atomic E-state index is 0.0669. The molecule has 1 aromatic carbocycles. The maximum atomic E-state index is 12.0. The molecule has 0 atom stereocenters. The largest absolute Gasteiger partial charge is 0.508 e. The van der Waals surface area contributed by atoms with Gasteiger partial charge in [-0.3, -0.25) is 4.79 Å². The Kier molecular flexibility index (Phi) is 5.41. The van der Waals surface area contributed by atoms with Gasteiger partial charge in [-0.2, -0.15) is 0 Å². The molecule has 0 saturated carbocycles. The van der Waals surface area contributed by atoms with Crippen molar-refractivity contribution in [1.29, 1.82) is 5.41 Å². The number of hydrogen-bond acceptors (Lipinski definition) is 5. The molecule has 1 rings (SSSR count). The predicted octanol–water partition coefficient (Wildman–Crippen LogP) is 2.90. The summed E-state index contributed by atoms with van der Waals surface area (Å²) in [6.07, 6.45) is 0. The number of aryl methyl sites for hydroxylation is 2. The standard InChI is InChI=1S/C16H19NO4/c1-9-5-6-10(2)13(7-9)16(20)21-8-14(19)15(11(3)17)12(4)18/h5-7,17,19H,8H2,1-4H3/b15-14-,17-11?. The second-order valence-corrected chi connectivity index (χ2v) is 4.90. The second-order valence-electron chi connectivity index (χ2n) is 4.90. The summed E-state index contributed by atoms with van der Waals surface area (Å²) in [5.41, 5.74) is 1.92. The molecule has 5 nitrogen and oxygen atoms in total. The van der Waals surface area contributed by atoms with E-state index in [1.54, 1.807) is 13.0 Å². The first-order chi connectivity index (χ1) is 9.73. The van der Waals surface area contributed by atoms with Crippen molar-refractivity contribution in [2.45, 2.75) is 27.7 Å². The summed E-state index contributed by atoms with van der Waals surface area (Å²) < 4.78 is 5.01. The summed E-state index contributed by atoms with van der Waals surface area (Å²) in [5.74, 6) is -1.43. The lowest BCUT2D eigenvalue weighted by Gasteiger charge is -2.10. The highest BCUT2D eigenvalue weighted by Gasteiger charge is 2.16. The molecular weight excluding hydrogens is 270 g/mol. The molecule has 0 heterocycles. The van der Waals surface area contributed by atoms with E-state index in [9.17, 15) is 14.7 Å². The van der Waals surface area contributed by atoms with Gasteiger partial charge < -0.3 is 15.3 Å². The summed E-state index contributed by atoms with van der Waals surface area (Å²) >= 11 is 0. The smallest absolute Gasteiger partial charge is 0.338 e. The zero-order chi connectivity index (χ0) is 16.2. The normalized spacial score (nSPS) is 11.6. The number of carbonyl (C=O) groups is 2. The van der Waals surface area contributed by atoms with E-state index >= 15 is 0 Å². The average Bonchev–Trinajstić information content (AvgIpc) is 2.38. The Balaban J connectivity index is 2.90. The van der Waals surface area contributed by atoms with Crippen LogP contribution in [0.5, 0.6) is 0 Å². The van der Waals surface area contributed by atoms with Crippen molar-refractivity contribution in [2.24, 2.45) is 0 Å². The average molecular weight is 289 g/mol. The van der Waals surface area contributed by atoms with Crippen molar-refractivity contribution in [1.82, 2.24) is 0 Å². The molecular formula is C16H19NO4. The fraction of sp³-hybridized carbons (Fsp3) is 0.312. The van der Waals surface area contributed by atoms with E-state index < -0.39 is 24.1 Å². The molecule has 0 aliphatic heterocycles. The fourth-order valence-electron chi connectivity index (χ4n) is 1.92. The molecule has 0 saturated heterocycles. The van der Waals surface area contributed by atoms with Gasteiger partial charge in [-0.1, -0.05) is 17.7 Å². The number of carbonyl (C=O) groups excluding carboxylic acids is 2. The van der Waals surface area contributed by atoms with Gasteiger partial charge >= 0.3 is 5.97 Å². The number of benzene rings is 1. The molecule has 0 aliphatic rings. The summed E-state index contributed by atoms with van der Waals surface area (Å²) in [5, 5.41) is 17.3. The van der Waals surface area contributed by atoms with Crippen LogP contribution in [0.3, 0.4) is 0 Å². The number of ketones is 1. The van der Waals surface area contributed by atoms with Gasteiger partial charge in [0.1, 0.15) is 12.4 Å². The second kappa shape index (κ2) is 6.83. The Hall–Kier alpha value is -2.43. The molecule has 2 N–H and O–H groups in total. The predicted molar refractivity (Wildman–Crippen MR) is 79.9 cm³/mol. The van der Waals surface area contributed by atoms with Crippen LogP contribution >= 0.6 is 0 Å². The highest BCUT2D eigenvalue weighted by atomic mass is 16.5. The Morgan fingerprint density at radius 1 is 1.24 bits per heavy atom. The summed E-state index contributed by atoms with van der Waals surface area (Å²) in [7, 11) is 0. The van der Waals surface area contributed by atoms with Crippen LogP contribution in [-0.4, -0.2) is 29.2 Å². The number of aliphatic hydroxyl groups is 1. The molecule has 21 heavy (non-hydrogen) atoms. The third-order valence-electron chi connectivity index (χ3n) is 2.97. The Morgan fingerprint density at radius 2 is 1.86 bits per heavy atom. The van der Waals surface area contributed by atoms with Crippen molar-refractivity contribution in [3.63, 3.8) is 0 Å². The van der Waals surface area contributed by atoms with E-state index in [0.717, 1.165) is 11.1 Å². The van der Waals surface area contributed by atoms with E-state index in [0.29, 0.717) is 5.56 Å². The van der Waals surface area contributed by atoms with E-state index in [4.69, 9.17) is 10.1 Å². The summed E-state index contributed by atoms with van der Waals surface area (Å²) in [6.45, 7) is 5.85. The maximum Gasteiger partial charge on any atom is 0.338 e. The molecule has 1 aromatic rings. The number of Topliss-reactive ketones (excluding diaryl/α,β-unsaturated/α-hetero) is 1. The topological polar surface area (TPSA) is 87.5 Å². The van der Waals surface area contributed by atoms with Gasteiger partial charge in [-0.05, 0) is 39.3 Å². The number of ether oxygens (including phenoxy) is 1.